The smallest absolute Gasteiger partial charge is 0.319 e. The van der Waals surface area contributed by atoms with Gasteiger partial charge in [-0.25, -0.2) is 4.79 Å². The van der Waals surface area contributed by atoms with E-state index in [-0.39, 0.29) is 6.03 Å². The highest BCUT2D eigenvalue weighted by molar-refractivity contribution is 5.89. The quantitative estimate of drug-likeness (QED) is 0.649. The molecule has 0 atom stereocenters. The molecule has 1 heterocycles. The van der Waals surface area contributed by atoms with Crippen LogP contribution in [0.4, 0.5) is 10.5 Å². The highest BCUT2D eigenvalue weighted by Crippen LogP contribution is 2.21. The summed E-state index contributed by atoms with van der Waals surface area (Å²) in [6, 6.07) is 17.7. The summed E-state index contributed by atoms with van der Waals surface area (Å²) < 4.78 is 7.02. The van der Waals surface area contributed by atoms with E-state index in [2.05, 4.69) is 27.9 Å². The van der Waals surface area contributed by atoms with Crippen LogP contribution in [0.5, 0.6) is 0 Å². The fourth-order valence-electron chi connectivity index (χ4n) is 3.11. The van der Waals surface area contributed by atoms with Crippen LogP contribution in [0.3, 0.4) is 0 Å². The number of hydrogen-bond donors (Lipinski definition) is 2. The predicted octanol–water partition coefficient (Wildman–Crippen LogP) is 4.14. The van der Waals surface area contributed by atoms with E-state index >= 15 is 0 Å². The maximum atomic E-state index is 12.3. The van der Waals surface area contributed by atoms with Gasteiger partial charge in [-0.1, -0.05) is 42.5 Å². The number of methoxy groups -OCH3 is 1. The maximum Gasteiger partial charge on any atom is 0.319 e. The number of carbonyl (C=O) groups excluding carboxylic acids is 1. The molecule has 0 spiro atoms. The summed E-state index contributed by atoms with van der Waals surface area (Å²) in [6.45, 7) is 5.69. The molecule has 146 valence electrons. The second kappa shape index (κ2) is 9.19. The Hall–Kier alpha value is -3.12. The van der Waals surface area contributed by atoms with Crippen LogP contribution >= 0.6 is 0 Å². The van der Waals surface area contributed by atoms with Crippen molar-refractivity contribution in [1.29, 1.82) is 0 Å². The van der Waals surface area contributed by atoms with E-state index in [1.54, 1.807) is 7.11 Å². The van der Waals surface area contributed by atoms with Crippen molar-refractivity contribution in [2.24, 2.45) is 0 Å². The first-order valence-electron chi connectivity index (χ1n) is 9.30. The van der Waals surface area contributed by atoms with E-state index in [0.717, 1.165) is 33.8 Å². The van der Waals surface area contributed by atoms with E-state index in [9.17, 15) is 4.79 Å². The van der Waals surface area contributed by atoms with Crippen LogP contribution in [-0.4, -0.2) is 29.5 Å². The maximum absolute atomic E-state index is 12.3. The Labute approximate surface area is 165 Å². The molecular formula is C22H26N4O2. The topological polar surface area (TPSA) is 68.2 Å². The molecule has 6 heteroatoms. The lowest BCUT2D eigenvalue weighted by Gasteiger charge is -2.09. The molecular weight excluding hydrogens is 352 g/mol. The summed E-state index contributed by atoms with van der Waals surface area (Å²) in [5, 5.41) is 10.3. The summed E-state index contributed by atoms with van der Waals surface area (Å²) >= 11 is 0. The van der Waals surface area contributed by atoms with Crippen LogP contribution in [-0.2, 0) is 17.8 Å². The van der Waals surface area contributed by atoms with Gasteiger partial charge < -0.3 is 15.4 Å². The van der Waals surface area contributed by atoms with Crippen LogP contribution in [0.1, 0.15) is 17.0 Å². The number of rotatable bonds is 7. The van der Waals surface area contributed by atoms with Gasteiger partial charge in [-0.05, 0) is 37.1 Å². The lowest BCUT2D eigenvalue weighted by atomic mass is 10.1. The minimum atomic E-state index is -0.240. The Balaban J connectivity index is 1.57. The van der Waals surface area contributed by atoms with Crippen LogP contribution in [0.15, 0.2) is 54.6 Å². The Morgan fingerprint density at radius 1 is 1.04 bits per heavy atom. The summed E-state index contributed by atoms with van der Waals surface area (Å²) in [5.74, 6) is 0. The van der Waals surface area contributed by atoms with Crippen molar-refractivity contribution in [2.75, 3.05) is 19.0 Å². The molecule has 0 aliphatic carbocycles. The number of carbonyl (C=O) groups is 1. The molecule has 0 aliphatic heterocycles. The minimum Gasteiger partial charge on any atom is -0.383 e. The van der Waals surface area contributed by atoms with Gasteiger partial charge in [0.05, 0.1) is 18.8 Å². The lowest BCUT2D eigenvalue weighted by Crippen LogP contribution is -2.28. The zero-order chi connectivity index (χ0) is 19.9. The first kappa shape index (κ1) is 19.6. The summed E-state index contributed by atoms with van der Waals surface area (Å²) in [7, 11) is 1.67. The molecule has 3 aromatic rings. The van der Waals surface area contributed by atoms with Crippen molar-refractivity contribution in [3.05, 3.63) is 71.5 Å². The van der Waals surface area contributed by atoms with E-state index in [4.69, 9.17) is 4.74 Å². The van der Waals surface area contributed by atoms with Crippen LogP contribution < -0.4 is 10.6 Å². The van der Waals surface area contributed by atoms with Gasteiger partial charge in [0.2, 0.25) is 0 Å². The van der Waals surface area contributed by atoms with Crippen molar-refractivity contribution in [3.63, 3.8) is 0 Å². The molecule has 0 bridgehead atoms. The van der Waals surface area contributed by atoms with Gasteiger partial charge in [0.1, 0.15) is 0 Å². The molecule has 3 rings (SSSR count). The monoisotopic (exact) mass is 378 g/mol. The third-order valence-corrected chi connectivity index (χ3v) is 4.71. The second-order valence-corrected chi connectivity index (χ2v) is 6.62. The van der Waals surface area contributed by atoms with Gasteiger partial charge in [0, 0.05) is 30.6 Å². The van der Waals surface area contributed by atoms with E-state index in [0.29, 0.717) is 19.7 Å². The summed E-state index contributed by atoms with van der Waals surface area (Å²) in [6.07, 6.45) is 0. The van der Waals surface area contributed by atoms with Crippen molar-refractivity contribution < 1.29 is 9.53 Å². The van der Waals surface area contributed by atoms with Crippen molar-refractivity contribution in [1.82, 2.24) is 15.1 Å². The standard InChI is InChI=1S/C22H26N4O2/c1-16-21(17(2)26(25-16)13-14-28-3)15-23-22(27)24-20-11-9-19(10-12-20)18-7-5-4-6-8-18/h4-12H,13-15H2,1-3H3,(H2,23,24,27). The molecule has 6 nitrogen and oxygen atoms in total. The van der Waals surface area contributed by atoms with E-state index < -0.39 is 0 Å². The van der Waals surface area contributed by atoms with Crippen LogP contribution in [0, 0.1) is 13.8 Å². The number of aromatic nitrogens is 2. The number of benzene rings is 2. The number of nitrogens with one attached hydrogen (secondary N) is 2. The number of ether oxygens (including phenoxy) is 1. The third kappa shape index (κ3) is 4.78. The number of nitrogens with zero attached hydrogens (tertiary/aromatic N) is 2. The van der Waals surface area contributed by atoms with E-state index in [1.165, 1.54) is 0 Å². The SMILES string of the molecule is COCCn1nc(C)c(CNC(=O)Nc2ccc(-c3ccccc3)cc2)c1C. The second-order valence-electron chi connectivity index (χ2n) is 6.62. The summed E-state index contributed by atoms with van der Waals surface area (Å²) in [5.41, 5.74) is 6.01. The fourth-order valence-corrected chi connectivity index (χ4v) is 3.11. The molecule has 2 amide bonds. The molecule has 28 heavy (non-hydrogen) atoms. The number of anilines is 1. The molecule has 0 saturated carbocycles. The molecule has 0 radical (unpaired) electrons. The Morgan fingerprint density at radius 2 is 1.71 bits per heavy atom. The fraction of sp³-hybridized carbons (Fsp3) is 0.273. The Morgan fingerprint density at radius 3 is 2.39 bits per heavy atom. The van der Waals surface area contributed by atoms with Gasteiger partial charge >= 0.3 is 6.03 Å². The van der Waals surface area contributed by atoms with Crippen molar-refractivity contribution >= 4 is 11.7 Å². The molecule has 0 unspecified atom stereocenters. The zero-order valence-electron chi connectivity index (χ0n) is 16.5. The van der Waals surface area contributed by atoms with Gasteiger partial charge in [0.15, 0.2) is 0 Å². The first-order valence-corrected chi connectivity index (χ1v) is 9.30. The number of hydrogen-bond acceptors (Lipinski definition) is 3. The average molecular weight is 378 g/mol. The normalized spacial score (nSPS) is 10.7. The molecule has 0 fully saturated rings. The molecule has 0 saturated heterocycles. The van der Waals surface area contributed by atoms with Crippen molar-refractivity contribution in [3.8, 4) is 11.1 Å². The lowest BCUT2D eigenvalue weighted by molar-refractivity contribution is 0.182. The van der Waals surface area contributed by atoms with E-state index in [1.807, 2.05) is 61.0 Å². The van der Waals surface area contributed by atoms with Gasteiger partial charge in [-0.2, -0.15) is 5.10 Å². The Bertz CT molecular complexity index is 918. The number of amides is 2. The molecule has 2 N–H and O–H groups in total. The minimum absolute atomic E-state index is 0.240. The highest BCUT2D eigenvalue weighted by Gasteiger charge is 2.12. The summed E-state index contributed by atoms with van der Waals surface area (Å²) in [4.78, 5) is 12.3. The molecule has 1 aromatic heterocycles. The first-order chi connectivity index (χ1) is 13.6. The molecule has 2 aromatic carbocycles. The van der Waals surface area contributed by atoms with Gasteiger partial charge in [-0.3, -0.25) is 4.68 Å². The van der Waals surface area contributed by atoms with Gasteiger partial charge in [0.25, 0.3) is 0 Å². The van der Waals surface area contributed by atoms with Gasteiger partial charge in [-0.15, -0.1) is 0 Å². The number of aryl methyl sites for hydroxylation is 1. The molecule has 0 aliphatic rings. The third-order valence-electron chi connectivity index (χ3n) is 4.71. The highest BCUT2D eigenvalue weighted by atomic mass is 16.5. The zero-order valence-corrected chi connectivity index (χ0v) is 16.5. The predicted molar refractivity (Wildman–Crippen MR) is 111 cm³/mol. The Kier molecular flexibility index (Phi) is 6.45. The number of urea groups is 1. The van der Waals surface area contributed by atoms with Crippen LogP contribution in [0.2, 0.25) is 0 Å². The largest absolute Gasteiger partial charge is 0.383 e. The van der Waals surface area contributed by atoms with Crippen molar-refractivity contribution in [2.45, 2.75) is 26.9 Å². The average Bonchev–Trinajstić information content (AvgIpc) is 2.99. The van der Waals surface area contributed by atoms with Crippen LogP contribution in [0.25, 0.3) is 11.1 Å².